The molecule has 2 nitrogen and oxygen atoms in total. The Bertz CT molecular complexity index is 295. The normalized spacial score (nSPS) is 21.5. The fourth-order valence-electron chi connectivity index (χ4n) is 1.77. The first-order chi connectivity index (χ1) is 6.31. The Kier molecular flexibility index (Phi) is 2.65. The van der Waals surface area contributed by atoms with Gasteiger partial charge in [-0.3, -0.25) is 0 Å². The predicted molar refractivity (Wildman–Crippen MR) is 54.0 cm³/mol. The lowest BCUT2D eigenvalue weighted by atomic mass is 10.0. The minimum Gasteiger partial charge on any atom is -0.388 e. The average Bonchev–Trinajstić information content (AvgIpc) is 2.49. The van der Waals surface area contributed by atoms with E-state index in [4.69, 9.17) is 0 Å². The van der Waals surface area contributed by atoms with Crippen molar-refractivity contribution in [2.45, 2.75) is 45.1 Å². The number of thiazole rings is 1. The SMILES string of the molecule is CCCc1nc2c(s1)C(O)CCC2. The van der Waals surface area contributed by atoms with Gasteiger partial charge < -0.3 is 5.11 Å². The summed E-state index contributed by atoms with van der Waals surface area (Å²) in [6.45, 7) is 2.16. The van der Waals surface area contributed by atoms with Crippen LogP contribution in [0, 0.1) is 0 Å². The van der Waals surface area contributed by atoms with Gasteiger partial charge in [0.2, 0.25) is 0 Å². The monoisotopic (exact) mass is 197 g/mol. The van der Waals surface area contributed by atoms with Crippen LogP contribution in [0.5, 0.6) is 0 Å². The molecule has 1 aromatic heterocycles. The van der Waals surface area contributed by atoms with Crippen molar-refractivity contribution < 1.29 is 5.11 Å². The van der Waals surface area contributed by atoms with Crippen LogP contribution in [0.2, 0.25) is 0 Å². The first kappa shape index (κ1) is 9.16. The fraction of sp³-hybridized carbons (Fsp3) is 0.700. The van der Waals surface area contributed by atoms with Gasteiger partial charge in [0, 0.05) is 0 Å². The zero-order valence-electron chi connectivity index (χ0n) is 7.92. The van der Waals surface area contributed by atoms with E-state index in [1.165, 1.54) is 5.01 Å². The lowest BCUT2D eigenvalue weighted by Gasteiger charge is -2.14. The number of aliphatic hydroxyl groups excluding tert-OH is 1. The van der Waals surface area contributed by atoms with Gasteiger partial charge in [-0.1, -0.05) is 6.92 Å². The number of aryl methyl sites for hydroxylation is 2. The van der Waals surface area contributed by atoms with Crippen LogP contribution in [0.3, 0.4) is 0 Å². The Morgan fingerprint density at radius 3 is 3.15 bits per heavy atom. The van der Waals surface area contributed by atoms with Gasteiger partial charge in [0.15, 0.2) is 0 Å². The average molecular weight is 197 g/mol. The second-order valence-electron chi connectivity index (χ2n) is 3.58. The summed E-state index contributed by atoms with van der Waals surface area (Å²) in [5.41, 5.74) is 1.16. The van der Waals surface area contributed by atoms with Gasteiger partial charge in [-0.25, -0.2) is 4.98 Å². The number of fused-ring (bicyclic) bond motifs is 1. The molecule has 1 atom stereocenters. The van der Waals surface area contributed by atoms with Gasteiger partial charge in [-0.15, -0.1) is 11.3 Å². The summed E-state index contributed by atoms with van der Waals surface area (Å²) in [4.78, 5) is 5.68. The van der Waals surface area contributed by atoms with Crippen molar-refractivity contribution in [1.82, 2.24) is 4.98 Å². The molecule has 1 aliphatic rings. The van der Waals surface area contributed by atoms with Crippen LogP contribution in [-0.2, 0) is 12.8 Å². The molecule has 0 amide bonds. The molecule has 2 rings (SSSR count). The summed E-state index contributed by atoms with van der Waals surface area (Å²) < 4.78 is 0. The molecule has 0 bridgehead atoms. The van der Waals surface area contributed by atoms with Crippen molar-refractivity contribution in [3.05, 3.63) is 15.6 Å². The molecule has 1 aliphatic carbocycles. The summed E-state index contributed by atoms with van der Waals surface area (Å²) in [5, 5.41) is 10.9. The van der Waals surface area contributed by atoms with Gasteiger partial charge in [-0.05, 0) is 32.1 Å². The largest absolute Gasteiger partial charge is 0.388 e. The molecule has 0 spiro atoms. The molecule has 72 valence electrons. The van der Waals surface area contributed by atoms with E-state index in [-0.39, 0.29) is 6.10 Å². The Morgan fingerprint density at radius 1 is 1.62 bits per heavy atom. The third kappa shape index (κ3) is 1.76. The Morgan fingerprint density at radius 2 is 2.46 bits per heavy atom. The van der Waals surface area contributed by atoms with Crippen LogP contribution < -0.4 is 0 Å². The second-order valence-corrected chi connectivity index (χ2v) is 4.69. The molecule has 0 aromatic carbocycles. The van der Waals surface area contributed by atoms with Crippen molar-refractivity contribution in [3.63, 3.8) is 0 Å². The van der Waals surface area contributed by atoms with Crippen LogP contribution in [0.25, 0.3) is 0 Å². The smallest absolute Gasteiger partial charge is 0.0932 e. The summed E-state index contributed by atoms with van der Waals surface area (Å²) in [6.07, 6.45) is 5.04. The van der Waals surface area contributed by atoms with E-state index in [2.05, 4.69) is 11.9 Å². The van der Waals surface area contributed by atoms with E-state index in [1.54, 1.807) is 11.3 Å². The molecule has 1 unspecified atom stereocenters. The molecule has 0 fully saturated rings. The molecule has 0 saturated heterocycles. The lowest BCUT2D eigenvalue weighted by Crippen LogP contribution is -2.06. The van der Waals surface area contributed by atoms with Gasteiger partial charge in [0.05, 0.1) is 21.7 Å². The Hall–Kier alpha value is -0.410. The number of nitrogens with zero attached hydrogens (tertiary/aromatic N) is 1. The van der Waals surface area contributed by atoms with Crippen LogP contribution in [-0.4, -0.2) is 10.1 Å². The Balaban J connectivity index is 2.25. The Labute approximate surface area is 82.6 Å². The maximum Gasteiger partial charge on any atom is 0.0932 e. The number of hydrogen-bond donors (Lipinski definition) is 1. The van der Waals surface area contributed by atoms with Crippen LogP contribution in [0.15, 0.2) is 0 Å². The first-order valence-corrected chi connectivity index (χ1v) is 5.79. The second kappa shape index (κ2) is 3.76. The molecule has 1 heterocycles. The van der Waals surface area contributed by atoms with E-state index in [1.807, 2.05) is 0 Å². The first-order valence-electron chi connectivity index (χ1n) is 4.97. The van der Waals surface area contributed by atoms with Gasteiger partial charge in [0.1, 0.15) is 0 Å². The molecule has 13 heavy (non-hydrogen) atoms. The van der Waals surface area contributed by atoms with Crippen molar-refractivity contribution >= 4 is 11.3 Å². The number of rotatable bonds is 2. The highest BCUT2D eigenvalue weighted by molar-refractivity contribution is 7.11. The molecule has 0 saturated carbocycles. The molecule has 0 aliphatic heterocycles. The van der Waals surface area contributed by atoms with Gasteiger partial charge in [0.25, 0.3) is 0 Å². The van der Waals surface area contributed by atoms with Gasteiger partial charge in [-0.2, -0.15) is 0 Å². The van der Waals surface area contributed by atoms with Crippen LogP contribution in [0.4, 0.5) is 0 Å². The van der Waals surface area contributed by atoms with Crippen molar-refractivity contribution in [2.75, 3.05) is 0 Å². The van der Waals surface area contributed by atoms with E-state index in [0.717, 1.165) is 42.7 Å². The zero-order chi connectivity index (χ0) is 9.26. The van der Waals surface area contributed by atoms with Gasteiger partial charge >= 0.3 is 0 Å². The molecular weight excluding hydrogens is 182 g/mol. The number of aromatic nitrogens is 1. The van der Waals surface area contributed by atoms with Crippen LogP contribution in [0.1, 0.15) is 47.9 Å². The molecular formula is C10H15NOS. The third-order valence-electron chi connectivity index (χ3n) is 2.43. The van der Waals surface area contributed by atoms with Crippen molar-refractivity contribution in [1.29, 1.82) is 0 Å². The summed E-state index contributed by atoms with van der Waals surface area (Å²) in [6, 6.07) is 0. The predicted octanol–water partition coefficient (Wildman–Crippen LogP) is 2.47. The summed E-state index contributed by atoms with van der Waals surface area (Å²) >= 11 is 1.71. The van der Waals surface area contributed by atoms with E-state index in [0.29, 0.717) is 0 Å². The number of aliphatic hydroxyl groups is 1. The van der Waals surface area contributed by atoms with Crippen molar-refractivity contribution in [3.8, 4) is 0 Å². The topological polar surface area (TPSA) is 33.1 Å². The molecule has 0 radical (unpaired) electrons. The highest BCUT2D eigenvalue weighted by atomic mass is 32.1. The fourth-order valence-corrected chi connectivity index (χ4v) is 3.00. The molecule has 1 N–H and O–H groups in total. The summed E-state index contributed by atoms with van der Waals surface area (Å²) in [7, 11) is 0. The lowest BCUT2D eigenvalue weighted by molar-refractivity contribution is 0.160. The maximum absolute atomic E-state index is 9.71. The molecule has 3 heteroatoms. The number of hydrogen-bond acceptors (Lipinski definition) is 3. The zero-order valence-corrected chi connectivity index (χ0v) is 8.73. The minimum atomic E-state index is -0.230. The quantitative estimate of drug-likeness (QED) is 0.790. The maximum atomic E-state index is 9.71. The highest BCUT2D eigenvalue weighted by Gasteiger charge is 2.22. The standard InChI is InChI=1S/C10H15NOS/c1-2-4-9-11-7-5-3-6-8(12)10(7)13-9/h8,12H,2-6H2,1H3. The highest BCUT2D eigenvalue weighted by Crippen LogP contribution is 2.34. The van der Waals surface area contributed by atoms with Crippen LogP contribution >= 0.6 is 11.3 Å². The van der Waals surface area contributed by atoms with E-state index >= 15 is 0 Å². The van der Waals surface area contributed by atoms with Crippen molar-refractivity contribution in [2.24, 2.45) is 0 Å². The third-order valence-corrected chi connectivity index (χ3v) is 3.69. The van der Waals surface area contributed by atoms with E-state index in [9.17, 15) is 5.11 Å². The molecule has 1 aromatic rings. The minimum absolute atomic E-state index is 0.230. The summed E-state index contributed by atoms with van der Waals surface area (Å²) in [5.74, 6) is 0. The van der Waals surface area contributed by atoms with E-state index < -0.39 is 0 Å².